The van der Waals surface area contributed by atoms with Crippen LogP contribution in [0.4, 0.5) is 0 Å². The molecule has 0 saturated heterocycles. The first kappa shape index (κ1) is 18.2. The first-order valence-corrected chi connectivity index (χ1v) is 9.12. The highest BCUT2D eigenvalue weighted by molar-refractivity contribution is 5.19. The van der Waals surface area contributed by atoms with E-state index in [0.717, 1.165) is 0 Å². The fourth-order valence-electron chi connectivity index (χ4n) is 3.02. The van der Waals surface area contributed by atoms with Gasteiger partial charge in [0.05, 0.1) is 0 Å². The van der Waals surface area contributed by atoms with E-state index < -0.39 is 0 Å². The largest absolute Gasteiger partial charge is 0.307 e. The van der Waals surface area contributed by atoms with Crippen LogP contribution in [0, 0.1) is 0 Å². The lowest BCUT2D eigenvalue weighted by Crippen LogP contribution is -2.33. The van der Waals surface area contributed by atoms with Gasteiger partial charge in [-0.15, -0.1) is 0 Å². The summed E-state index contributed by atoms with van der Waals surface area (Å²) in [5.74, 6) is 0. The summed E-state index contributed by atoms with van der Waals surface area (Å²) in [7, 11) is 0. The van der Waals surface area contributed by atoms with Crippen molar-refractivity contribution in [3.63, 3.8) is 0 Å². The molecule has 0 radical (unpaired) electrons. The second-order valence-corrected chi connectivity index (χ2v) is 6.25. The molecule has 1 N–H and O–H groups in total. The molecule has 1 aromatic carbocycles. The second kappa shape index (κ2) is 11.8. The molecule has 0 amide bonds. The Morgan fingerprint density at radius 3 is 2.10 bits per heavy atom. The van der Waals surface area contributed by atoms with Crippen LogP contribution in [0.3, 0.4) is 0 Å². The lowest BCUT2D eigenvalue weighted by atomic mass is 9.97. The van der Waals surface area contributed by atoms with Crippen molar-refractivity contribution in [2.24, 2.45) is 0 Å². The Morgan fingerprint density at radius 1 is 0.762 bits per heavy atom. The minimum Gasteiger partial charge on any atom is -0.307 e. The monoisotopic (exact) mass is 289 g/mol. The van der Waals surface area contributed by atoms with Crippen LogP contribution >= 0.6 is 0 Å². The highest BCUT2D eigenvalue weighted by Gasteiger charge is 2.15. The normalized spacial score (nSPS) is 14.0. The van der Waals surface area contributed by atoms with E-state index in [2.05, 4.69) is 56.4 Å². The summed E-state index contributed by atoms with van der Waals surface area (Å²) in [5.41, 5.74) is 1.46. The van der Waals surface area contributed by atoms with Gasteiger partial charge in [0.25, 0.3) is 0 Å². The van der Waals surface area contributed by atoms with Crippen LogP contribution in [0.5, 0.6) is 0 Å². The molecule has 1 nitrogen and oxygen atoms in total. The molecule has 0 spiro atoms. The third kappa shape index (κ3) is 7.66. The summed E-state index contributed by atoms with van der Waals surface area (Å²) >= 11 is 0. The van der Waals surface area contributed by atoms with Crippen molar-refractivity contribution in [1.82, 2.24) is 5.32 Å². The summed E-state index contributed by atoms with van der Waals surface area (Å²) in [5, 5.41) is 3.97. The molecule has 0 aliphatic carbocycles. The Bertz CT molecular complexity index is 333. The summed E-state index contributed by atoms with van der Waals surface area (Å²) in [6, 6.07) is 12.2. The van der Waals surface area contributed by atoms with E-state index in [9.17, 15) is 0 Å². The fourth-order valence-corrected chi connectivity index (χ4v) is 3.02. The topological polar surface area (TPSA) is 12.0 Å². The van der Waals surface area contributed by atoms with Gasteiger partial charge in [0.15, 0.2) is 0 Å². The third-order valence-electron chi connectivity index (χ3n) is 4.28. The summed E-state index contributed by atoms with van der Waals surface area (Å²) in [4.78, 5) is 0. The van der Waals surface area contributed by atoms with Gasteiger partial charge >= 0.3 is 0 Å². The maximum Gasteiger partial charge on any atom is 0.0322 e. The van der Waals surface area contributed by atoms with Crippen LogP contribution in [0.25, 0.3) is 0 Å². The number of hydrogen-bond donors (Lipinski definition) is 1. The fraction of sp³-hybridized carbons (Fsp3) is 0.700. The van der Waals surface area contributed by atoms with Crippen molar-refractivity contribution < 1.29 is 0 Å². The lowest BCUT2D eigenvalue weighted by molar-refractivity contribution is 0.363. The minimum atomic E-state index is 0.533. The Hall–Kier alpha value is -0.820. The third-order valence-corrected chi connectivity index (χ3v) is 4.28. The van der Waals surface area contributed by atoms with Crippen molar-refractivity contribution in [3.8, 4) is 0 Å². The number of hydrogen-bond acceptors (Lipinski definition) is 1. The molecular formula is C20H35N. The maximum absolute atomic E-state index is 3.97. The lowest BCUT2D eigenvalue weighted by Gasteiger charge is -2.26. The van der Waals surface area contributed by atoms with E-state index in [0.29, 0.717) is 12.1 Å². The van der Waals surface area contributed by atoms with Crippen LogP contribution in [0.2, 0.25) is 0 Å². The molecule has 2 atom stereocenters. The zero-order valence-corrected chi connectivity index (χ0v) is 14.4. The van der Waals surface area contributed by atoms with Gasteiger partial charge in [0.2, 0.25) is 0 Å². The van der Waals surface area contributed by atoms with E-state index in [-0.39, 0.29) is 0 Å². The van der Waals surface area contributed by atoms with Crippen molar-refractivity contribution in [3.05, 3.63) is 35.9 Å². The molecule has 2 unspecified atom stereocenters. The number of benzene rings is 1. The van der Waals surface area contributed by atoms with Gasteiger partial charge < -0.3 is 5.32 Å². The number of rotatable bonds is 12. The molecule has 120 valence electrons. The molecular weight excluding hydrogens is 254 g/mol. The average molecular weight is 290 g/mol. The zero-order valence-electron chi connectivity index (χ0n) is 14.4. The molecule has 0 bridgehead atoms. The average Bonchev–Trinajstić information content (AvgIpc) is 2.52. The Morgan fingerprint density at radius 2 is 1.48 bits per heavy atom. The van der Waals surface area contributed by atoms with E-state index in [1.807, 2.05) is 0 Å². The highest BCUT2D eigenvalue weighted by Crippen LogP contribution is 2.22. The zero-order chi connectivity index (χ0) is 15.3. The summed E-state index contributed by atoms with van der Waals surface area (Å²) < 4.78 is 0. The quantitative estimate of drug-likeness (QED) is 0.448. The van der Waals surface area contributed by atoms with Gasteiger partial charge in [-0.3, -0.25) is 0 Å². The predicted molar refractivity (Wildman–Crippen MR) is 94.7 cm³/mol. The van der Waals surface area contributed by atoms with Crippen LogP contribution in [0.1, 0.15) is 90.2 Å². The molecule has 1 heteroatoms. The number of unbranched alkanes of at least 4 members (excludes halogenated alkanes) is 3. The van der Waals surface area contributed by atoms with Crippen LogP contribution < -0.4 is 5.32 Å². The second-order valence-electron chi connectivity index (χ2n) is 6.25. The molecule has 0 saturated carbocycles. The van der Waals surface area contributed by atoms with E-state index in [1.54, 1.807) is 0 Å². The maximum atomic E-state index is 3.97. The van der Waals surface area contributed by atoms with E-state index in [1.165, 1.54) is 63.4 Å². The Kier molecular flexibility index (Phi) is 10.2. The van der Waals surface area contributed by atoms with Crippen molar-refractivity contribution in [1.29, 1.82) is 0 Å². The van der Waals surface area contributed by atoms with Crippen LogP contribution in [-0.4, -0.2) is 6.04 Å². The number of nitrogens with one attached hydrogen (secondary N) is 1. The van der Waals surface area contributed by atoms with E-state index in [4.69, 9.17) is 0 Å². The molecule has 0 aromatic heterocycles. The van der Waals surface area contributed by atoms with E-state index >= 15 is 0 Å². The molecule has 0 aliphatic rings. The van der Waals surface area contributed by atoms with Crippen LogP contribution in [-0.2, 0) is 0 Å². The highest BCUT2D eigenvalue weighted by atomic mass is 14.9. The van der Waals surface area contributed by atoms with Crippen molar-refractivity contribution in [2.45, 2.75) is 90.6 Å². The van der Waals surface area contributed by atoms with Crippen molar-refractivity contribution in [2.75, 3.05) is 0 Å². The Labute approximate surface area is 132 Å². The summed E-state index contributed by atoms with van der Waals surface area (Å²) in [6.07, 6.45) is 11.8. The minimum absolute atomic E-state index is 0.533. The first-order valence-electron chi connectivity index (χ1n) is 9.12. The van der Waals surface area contributed by atoms with Gasteiger partial charge in [0, 0.05) is 12.1 Å². The predicted octanol–water partition coefficient (Wildman–Crippen LogP) is 6.26. The SMILES string of the molecule is CCCCCC(NC(CCC)CCCC)c1ccccc1. The summed E-state index contributed by atoms with van der Waals surface area (Å²) in [6.45, 7) is 6.88. The molecule has 0 heterocycles. The molecule has 0 fully saturated rings. The van der Waals surface area contributed by atoms with Gasteiger partial charge in [-0.05, 0) is 24.8 Å². The first-order chi connectivity index (χ1) is 10.3. The van der Waals surface area contributed by atoms with Gasteiger partial charge in [0.1, 0.15) is 0 Å². The molecule has 0 aliphatic heterocycles. The Balaban J connectivity index is 2.65. The molecule has 1 rings (SSSR count). The molecule has 21 heavy (non-hydrogen) atoms. The standard InChI is InChI=1S/C20H35N/c1-4-7-10-17-20(18-14-11-9-12-15-18)21-19(13-6-3)16-8-5-2/h9,11-12,14-15,19-21H,4-8,10,13,16-17H2,1-3H3. The van der Waals surface area contributed by atoms with Gasteiger partial charge in [-0.2, -0.15) is 0 Å². The van der Waals surface area contributed by atoms with Crippen LogP contribution in [0.15, 0.2) is 30.3 Å². The smallest absolute Gasteiger partial charge is 0.0322 e. The van der Waals surface area contributed by atoms with Gasteiger partial charge in [-0.1, -0.05) is 89.6 Å². The molecule has 1 aromatic rings. The van der Waals surface area contributed by atoms with Crippen molar-refractivity contribution >= 4 is 0 Å². The van der Waals surface area contributed by atoms with Gasteiger partial charge in [-0.25, -0.2) is 0 Å².